The SMILES string of the molecule is O=S(=O)([O-])OCCS(=O)(=O)c1cc(N=Nc2c(S(=O)(=O)[O-])cc3cc(Nc4cc(F)nc(F)n4)ccc3c2[O-])c([O-])c(S(=O)(=O)[O-])c1.[Cu+2].[Na+].[Na+].[Na+]. The summed E-state index contributed by atoms with van der Waals surface area (Å²) in [6.45, 7) is -1.27. The van der Waals surface area contributed by atoms with Gasteiger partial charge in [0.15, 0.2) is 9.84 Å². The van der Waals surface area contributed by atoms with E-state index < -0.39 is 102 Å². The molecule has 4 rings (SSSR count). The first-order chi connectivity index (χ1) is 21.5. The molecule has 0 unspecified atom stereocenters. The van der Waals surface area contributed by atoms with Gasteiger partial charge in [-0.1, -0.05) is 17.6 Å². The standard InChI is InChI=1S/C22H17F2N5O14S4.Cu.3Na/c23-17-9-18(27-22(24)26-17)25-11-1-2-13-10(5-11)6-15(45(34,35)36)19(20(13)30)29-28-14-7-12(8-16(21(14)31)46(37,38)39)44(32,33)4-3-43-47(40,41)42;;;;/h1-2,5-9,30-31H,3-4H2,(H,25,26,27)(H,34,35,36)(H,37,38,39)(H,40,41,42);;;;/q;+2;3*+1/p-5. The number of hydrogen-bond donors (Lipinski definition) is 1. The average molecular weight is 869 g/mol. The van der Waals surface area contributed by atoms with Gasteiger partial charge in [0.1, 0.15) is 26.1 Å². The molecule has 51 heavy (non-hydrogen) atoms. The van der Waals surface area contributed by atoms with Gasteiger partial charge in [-0.15, -0.1) is 5.11 Å². The Hall–Kier alpha value is -0.981. The van der Waals surface area contributed by atoms with Crippen LogP contribution in [0.4, 0.5) is 31.7 Å². The third-order valence-electron chi connectivity index (χ3n) is 5.72. The molecule has 3 aromatic carbocycles. The number of rotatable bonds is 11. The fraction of sp³-hybridized carbons (Fsp3) is 0.0909. The van der Waals surface area contributed by atoms with Crippen LogP contribution in [0.25, 0.3) is 10.8 Å². The van der Waals surface area contributed by atoms with Crippen LogP contribution in [-0.4, -0.2) is 69.7 Å². The number of anilines is 2. The second-order valence-electron chi connectivity index (χ2n) is 8.89. The maximum absolute atomic E-state index is 13.4. The minimum atomic E-state index is -5.73. The Morgan fingerprint density at radius 1 is 0.765 bits per heavy atom. The molecule has 1 heterocycles. The number of hydrogen-bond acceptors (Lipinski definition) is 19. The third-order valence-corrected chi connectivity index (χ3v) is 9.52. The van der Waals surface area contributed by atoms with Crippen LogP contribution < -0.4 is 104 Å². The quantitative estimate of drug-likeness (QED) is 0.0365. The van der Waals surface area contributed by atoms with E-state index in [9.17, 15) is 66.3 Å². The van der Waals surface area contributed by atoms with E-state index in [-0.39, 0.29) is 134 Å². The van der Waals surface area contributed by atoms with Crippen molar-refractivity contribution in [1.82, 2.24) is 9.97 Å². The molecule has 1 radical (unpaired) electrons. The predicted molar refractivity (Wildman–Crippen MR) is 142 cm³/mol. The molecular weight excluding hydrogens is 857 g/mol. The molecule has 0 spiro atoms. The maximum Gasteiger partial charge on any atom is 2.00 e. The molecule has 0 saturated carbocycles. The van der Waals surface area contributed by atoms with E-state index in [0.717, 1.165) is 18.2 Å². The average Bonchev–Trinajstić information content (AvgIpc) is 2.90. The minimum absolute atomic E-state index is 0. The number of sulfone groups is 1. The van der Waals surface area contributed by atoms with E-state index in [2.05, 4.69) is 29.7 Å². The van der Waals surface area contributed by atoms with Crippen molar-refractivity contribution in [3.8, 4) is 11.5 Å². The Balaban J connectivity index is 0.00000625. The fourth-order valence-electron chi connectivity index (χ4n) is 3.77. The van der Waals surface area contributed by atoms with Gasteiger partial charge in [-0.25, -0.2) is 33.7 Å². The number of halogens is 2. The molecule has 0 aliphatic rings. The number of benzene rings is 3. The molecule has 1 aromatic heterocycles. The Morgan fingerprint density at radius 3 is 1.92 bits per heavy atom. The Bertz CT molecular complexity index is 2410. The van der Waals surface area contributed by atoms with Crippen molar-refractivity contribution in [1.29, 1.82) is 0 Å². The number of nitrogens with one attached hydrogen (secondary N) is 1. The van der Waals surface area contributed by atoms with Crippen molar-refractivity contribution >= 4 is 74.1 Å². The largest absolute Gasteiger partial charge is 2.00 e. The molecule has 29 heteroatoms. The summed E-state index contributed by atoms with van der Waals surface area (Å²) in [5, 5.41) is 34.3. The normalized spacial score (nSPS) is 11.9. The van der Waals surface area contributed by atoms with Crippen LogP contribution in [0.3, 0.4) is 0 Å². The van der Waals surface area contributed by atoms with Crippen LogP contribution in [0.15, 0.2) is 67.4 Å². The molecule has 0 atom stereocenters. The zero-order valence-corrected chi connectivity index (χ0v) is 35.9. The van der Waals surface area contributed by atoms with Gasteiger partial charge in [0.05, 0.1) is 33.5 Å². The first-order valence-electron chi connectivity index (χ1n) is 11.8. The van der Waals surface area contributed by atoms with Crippen molar-refractivity contribution < 1.29 is 176 Å². The molecule has 0 aliphatic carbocycles. The van der Waals surface area contributed by atoms with Gasteiger partial charge >= 0.3 is 112 Å². The summed E-state index contributed by atoms with van der Waals surface area (Å²) in [7, 11) is -21.5. The van der Waals surface area contributed by atoms with Gasteiger partial charge in [0.2, 0.25) is 16.3 Å². The summed E-state index contributed by atoms with van der Waals surface area (Å²) in [4.78, 5) is 1.92. The number of azo groups is 1. The Labute approximate surface area is 364 Å². The predicted octanol–water partition coefficient (Wildman–Crippen LogP) is -8.72. The third kappa shape index (κ3) is 13.1. The van der Waals surface area contributed by atoms with Crippen molar-refractivity contribution in [2.24, 2.45) is 10.2 Å². The Morgan fingerprint density at radius 2 is 1.37 bits per heavy atom. The second-order valence-corrected chi connectivity index (χ2v) is 14.7. The van der Waals surface area contributed by atoms with Gasteiger partial charge in [0, 0.05) is 16.6 Å². The van der Waals surface area contributed by atoms with E-state index in [0.29, 0.717) is 18.2 Å². The van der Waals surface area contributed by atoms with Crippen LogP contribution in [-0.2, 0) is 61.7 Å². The fourth-order valence-corrected chi connectivity index (χ4v) is 6.61. The minimum Gasteiger partial charge on any atom is -0.871 e. The second kappa shape index (κ2) is 19.1. The summed E-state index contributed by atoms with van der Waals surface area (Å²) < 4.78 is 159. The van der Waals surface area contributed by atoms with Gasteiger partial charge in [-0.2, -0.15) is 23.9 Å². The molecule has 0 aliphatic heterocycles. The zero-order chi connectivity index (χ0) is 35.1. The van der Waals surface area contributed by atoms with Crippen LogP contribution in [0, 0.1) is 12.0 Å². The van der Waals surface area contributed by atoms with Gasteiger partial charge in [-0.05, 0) is 41.1 Å². The Kier molecular flexibility index (Phi) is 18.7. The summed E-state index contributed by atoms with van der Waals surface area (Å²) in [5.74, 6) is -6.01. The maximum atomic E-state index is 13.4. The first-order valence-corrected chi connectivity index (χ1v) is 17.6. The van der Waals surface area contributed by atoms with Crippen molar-refractivity contribution in [2.75, 3.05) is 17.7 Å². The van der Waals surface area contributed by atoms with E-state index in [1.165, 1.54) is 0 Å². The monoisotopic (exact) mass is 868 g/mol. The van der Waals surface area contributed by atoms with Crippen LogP contribution in [0.1, 0.15) is 0 Å². The summed E-state index contributed by atoms with van der Waals surface area (Å²) in [6.07, 6.45) is -1.43. The summed E-state index contributed by atoms with van der Waals surface area (Å²) in [6, 6.07) is 5.04. The van der Waals surface area contributed by atoms with Crippen LogP contribution >= 0.6 is 0 Å². The zero-order valence-electron chi connectivity index (χ0n) is 25.7. The topological polar surface area (TPSA) is 324 Å². The van der Waals surface area contributed by atoms with Crippen molar-refractivity contribution in [3.05, 3.63) is 54.5 Å². The molecule has 1 N–H and O–H groups in total. The van der Waals surface area contributed by atoms with Crippen molar-refractivity contribution in [2.45, 2.75) is 14.7 Å². The van der Waals surface area contributed by atoms with Gasteiger partial charge in [0.25, 0.3) is 0 Å². The van der Waals surface area contributed by atoms with Crippen molar-refractivity contribution in [3.63, 3.8) is 0 Å². The first kappa shape index (κ1) is 50.0. The molecular formula is C22H12CuF2N5Na3O14S4. The number of aromatic nitrogens is 2. The van der Waals surface area contributed by atoms with Gasteiger partial charge < -0.3 is 29.2 Å². The molecule has 4 aromatic rings. The van der Waals surface area contributed by atoms with Gasteiger partial charge in [-0.3, -0.25) is 4.18 Å². The molecule has 0 bridgehead atoms. The molecule has 0 fully saturated rings. The summed E-state index contributed by atoms with van der Waals surface area (Å²) in [5.41, 5.74) is -2.52. The van der Waals surface area contributed by atoms with E-state index in [4.69, 9.17) is 0 Å². The van der Waals surface area contributed by atoms with E-state index >= 15 is 0 Å². The smallest absolute Gasteiger partial charge is 0.871 e. The molecule has 0 amide bonds. The molecule has 19 nitrogen and oxygen atoms in total. The summed E-state index contributed by atoms with van der Waals surface area (Å²) >= 11 is 0. The number of nitrogens with zero attached hydrogens (tertiary/aromatic N) is 4. The van der Waals surface area contributed by atoms with E-state index in [1.54, 1.807) is 0 Å². The molecule has 261 valence electrons. The number of fused-ring (bicyclic) bond motifs is 1. The van der Waals surface area contributed by atoms with Crippen LogP contribution in [0.2, 0.25) is 0 Å². The van der Waals surface area contributed by atoms with E-state index in [1.807, 2.05) is 0 Å². The molecule has 0 saturated heterocycles. The van der Waals surface area contributed by atoms with Crippen LogP contribution in [0.5, 0.6) is 11.5 Å².